The van der Waals surface area contributed by atoms with Gasteiger partial charge in [0.25, 0.3) is 0 Å². The number of hydrogen-bond donors (Lipinski definition) is 2. The topological polar surface area (TPSA) is 52.6 Å². The van der Waals surface area contributed by atoms with E-state index in [0.29, 0.717) is 12.0 Å². The van der Waals surface area contributed by atoms with E-state index in [-0.39, 0.29) is 36.1 Å². The maximum Gasteiger partial charge on any atom is 0.226 e. The van der Waals surface area contributed by atoms with Crippen molar-refractivity contribution in [3.05, 3.63) is 35.6 Å². The van der Waals surface area contributed by atoms with E-state index in [2.05, 4.69) is 5.32 Å². The average Bonchev–Trinajstić information content (AvgIpc) is 3.03. The van der Waals surface area contributed by atoms with Gasteiger partial charge in [0.15, 0.2) is 0 Å². The van der Waals surface area contributed by atoms with E-state index < -0.39 is 6.10 Å². The molecule has 2 aliphatic rings. The van der Waals surface area contributed by atoms with Crippen LogP contribution < -0.4 is 5.32 Å². The first-order valence-electron chi connectivity index (χ1n) is 8.60. The highest BCUT2D eigenvalue weighted by Crippen LogP contribution is 2.30. The largest absolute Gasteiger partial charge is 0.388 e. The highest BCUT2D eigenvalue weighted by atomic mass is 35.5. The Morgan fingerprint density at radius 3 is 2.58 bits per heavy atom. The molecule has 2 aliphatic heterocycles. The lowest BCUT2D eigenvalue weighted by Gasteiger charge is -2.32. The van der Waals surface area contributed by atoms with Crippen LogP contribution in [0.1, 0.15) is 43.8 Å². The molecule has 2 fully saturated rings. The van der Waals surface area contributed by atoms with Gasteiger partial charge in [-0.05, 0) is 62.9 Å². The first-order valence-corrected chi connectivity index (χ1v) is 8.60. The molecule has 4 nitrogen and oxygen atoms in total. The fourth-order valence-corrected chi connectivity index (χ4v) is 3.75. The van der Waals surface area contributed by atoms with Crippen molar-refractivity contribution in [2.24, 2.45) is 5.92 Å². The third-order valence-corrected chi connectivity index (χ3v) is 5.10. The van der Waals surface area contributed by atoms with Crippen LogP contribution in [-0.4, -0.2) is 41.6 Å². The van der Waals surface area contributed by atoms with Gasteiger partial charge in [0.05, 0.1) is 6.10 Å². The van der Waals surface area contributed by atoms with E-state index in [4.69, 9.17) is 0 Å². The van der Waals surface area contributed by atoms with Gasteiger partial charge in [-0.2, -0.15) is 0 Å². The quantitative estimate of drug-likeness (QED) is 0.872. The summed E-state index contributed by atoms with van der Waals surface area (Å²) in [5, 5.41) is 13.7. The summed E-state index contributed by atoms with van der Waals surface area (Å²) in [6.45, 7) is 2.61. The van der Waals surface area contributed by atoms with Crippen molar-refractivity contribution in [3.8, 4) is 0 Å². The lowest BCUT2D eigenvalue weighted by Crippen LogP contribution is -2.43. The van der Waals surface area contributed by atoms with E-state index in [0.717, 1.165) is 45.3 Å². The molecule has 0 bridgehead atoms. The molecule has 2 heterocycles. The SMILES string of the molecule is Cl.O=C(C1CCNCC1)N1CCCC1CC(O)c1ccc(F)cc1. The van der Waals surface area contributed by atoms with Gasteiger partial charge in [-0.25, -0.2) is 4.39 Å². The van der Waals surface area contributed by atoms with Gasteiger partial charge in [0.2, 0.25) is 5.91 Å². The Hall–Kier alpha value is -1.17. The lowest BCUT2D eigenvalue weighted by atomic mass is 9.95. The number of hydrogen-bond acceptors (Lipinski definition) is 3. The third kappa shape index (κ3) is 4.47. The first kappa shape index (κ1) is 19.2. The second kappa shape index (κ2) is 8.79. The molecule has 134 valence electrons. The molecule has 2 atom stereocenters. The van der Waals surface area contributed by atoms with E-state index in [1.807, 2.05) is 4.90 Å². The Bertz CT molecular complexity index is 534. The van der Waals surface area contributed by atoms with Crippen molar-refractivity contribution >= 4 is 18.3 Å². The third-order valence-electron chi connectivity index (χ3n) is 5.10. The molecule has 0 spiro atoms. The molecule has 2 unspecified atom stereocenters. The van der Waals surface area contributed by atoms with Gasteiger partial charge in [-0.3, -0.25) is 4.79 Å². The van der Waals surface area contributed by atoms with Crippen molar-refractivity contribution < 1.29 is 14.3 Å². The number of aliphatic hydroxyl groups excluding tert-OH is 1. The first-order chi connectivity index (χ1) is 11.1. The summed E-state index contributed by atoms with van der Waals surface area (Å²) in [5.41, 5.74) is 0.715. The number of rotatable bonds is 4. The molecule has 1 aromatic rings. The number of piperidine rings is 1. The van der Waals surface area contributed by atoms with Gasteiger partial charge in [0, 0.05) is 18.5 Å². The number of carbonyl (C=O) groups is 1. The molecule has 0 radical (unpaired) electrons. The summed E-state index contributed by atoms with van der Waals surface area (Å²) in [4.78, 5) is 14.7. The van der Waals surface area contributed by atoms with Crippen molar-refractivity contribution in [2.75, 3.05) is 19.6 Å². The van der Waals surface area contributed by atoms with Crippen molar-refractivity contribution in [1.29, 1.82) is 0 Å². The maximum absolute atomic E-state index is 13.0. The summed E-state index contributed by atoms with van der Waals surface area (Å²) in [6.07, 6.45) is 3.63. The van der Waals surface area contributed by atoms with E-state index in [9.17, 15) is 14.3 Å². The highest BCUT2D eigenvalue weighted by Gasteiger charge is 2.34. The molecule has 1 aromatic carbocycles. The van der Waals surface area contributed by atoms with Crippen LogP contribution in [0, 0.1) is 11.7 Å². The lowest BCUT2D eigenvalue weighted by molar-refractivity contribution is -0.137. The van der Waals surface area contributed by atoms with Crippen LogP contribution in [0.3, 0.4) is 0 Å². The minimum Gasteiger partial charge on any atom is -0.388 e. The molecule has 24 heavy (non-hydrogen) atoms. The molecule has 2 saturated heterocycles. The van der Waals surface area contributed by atoms with Crippen molar-refractivity contribution in [3.63, 3.8) is 0 Å². The van der Waals surface area contributed by atoms with Gasteiger partial charge in [-0.1, -0.05) is 12.1 Å². The molecule has 1 amide bonds. The molecule has 0 aromatic heterocycles. The molecule has 2 N–H and O–H groups in total. The number of halogens is 2. The maximum atomic E-state index is 13.0. The van der Waals surface area contributed by atoms with Crippen LogP contribution >= 0.6 is 12.4 Å². The van der Waals surface area contributed by atoms with Crippen molar-refractivity contribution in [2.45, 2.75) is 44.2 Å². The minimum absolute atomic E-state index is 0. The molecular weight excluding hydrogens is 331 g/mol. The Morgan fingerprint density at radius 2 is 1.92 bits per heavy atom. The Labute approximate surface area is 148 Å². The van der Waals surface area contributed by atoms with Crippen LogP contribution in [0.5, 0.6) is 0 Å². The number of likely N-dealkylation sites (tertiary alicyclic amines) is 1. The summed E-state index contributed by atoms with van der Waals surface area (Å²) in [6, 6.07) is 6.07. The molecule has 3 rings (SSSR count). The predicted octanol–water partition coefficient (Wildman–Crippen LogP) is 2.66. The molecule has 0 saturated carbocycles. The fraction of sp³-hybridized carbons (Fsp3) is 0.611. The number of aliphatic hydroxyl groups is 1. The van der Waals surface area contributed by atoms with E-state index in [1.54, 1.807) is 12.1 Å². The van der Waals surface area contributed by atoms with Crippen LogP contribution in [0.25, 0.3) is 0 Å². The summed E-state index contributed by atoms with van der Waals surface area (Å²) in [7, 11) is 0. The zero-order valence-corrected chi connectivity index (χ0v) is 14.6. The van der Waals surface area contributed by atoms with Crippen LogP contribution in [0.15, 0.2) is 24.3 Å². The summed E-state index contributed by atoms with van der Waals surface area (Å²) < 4.78 is 13.0. The van der Waals surface area contributed by atoms with E-state index >= 15 is 0 Å². The smallest absolute Gasteiger partial charge is 0.226 e. The zero-order valence-electron chi connectivity index (χ0n) is 13.8. The Kier molecular flexibility index (Phi) is 7.02. The molecule has 6 heteroatoms. The Morgan fingerprint density at radius 1 is 1.25 bits per heavy atom. The van der Waals surface area contributed by atoms with E-state index in [1.165, 1.54) is 12.1 Å². The van der Waals surface area contributed by atoms with Gasteiger partial charge < -0.3 is 15.3 Å². The summed E-state index contributed by atoms with van der Waals surface area (Å²) >= 11 is 0. The Balaban J connectivity index is 0.00000208. The normalized spacial score (nSPS) is 22.9. The fourth-order valence-electron chi connectivity index (χ4n) is 3.75. The average molecular weight is 357 g/mol. The van der Waals surface area contributed by atoms with Gasteiger partial charge >= 0.3 is 0 Å². The zero-order chi connectivity index (χ0) is 16.2. The monoisotopic (exact) mass is 356 g/mol. The number of carbonyl (C=O) groups excluding carboxylic acids is 1. The van der Waals surface area contributed by atoms with Gasteiger partial charge in [0.1, 0.15) is 5.82 Å². The van der Waals surface area contributed by atoms with Crippen molar-refractivity contribution in [1.82, 2.24) is 10.2 Å². The number of amides is 1. The number of nitrogens with one attached hydrogen (secondary N) is 1. The standard InChI is InChI=1S/C18H25FN2O2.ClH/c19-15-5-3-13(4-6-15)17(22)12-16-2-1-11-21(16)18(23)14-7-9-20-10-8-14;/h3-6,14,16-17,20,22H,1-2,7-12H2;1H. The predicted molar refractivity (Wildman–Crippen MR) is 93.6 cm³/mol. The minimum atomic E-state index is -0.651. The van der Waals surface area contributed by atoms with Crippen LogP contribution in [0.4, 0.5) is 4.39 Å². The van der Waals surface area contributed by atoms with Gasteiger partial charge in [-0.15, -0.1) is 12.4 Å². The second-order valence-electron chi connectivity index (χ2n) is 6.66. The second-order valence-corrected chi connectivity index (χ2v) is 6.66. The number of nitrogens with zero attached hydrogens (tertiary/aromatic N) is 1. The molecular formula is C18H26ClFN2O2. The van der Waals surface area contributed by atoms with Crippen LogP contribution in [0.2, 0.25) is 0 Å². The summed E-state index contributed by atoms with van der Waals surface area (Å²) in [5.74, 6) is 0.0737. The molecule has 0 aliphatic carbocycles. The highest BCUT2D eigenvalue weighted by molar-refractivity contribution is 5.85. The van der Waals surface area contributed by atoms with Crippen LogP contribution in [-0.2, 0) is 4.79 Å². The number of benzene rings is 1.